The lowest BCUT2D eigenvalue weighted by atomic mass is 10.1. The summed E-state index contributed by atoms with van der Waals surface area (Å²) in [7, 11) is 1.68. The first-order valence-electron chi connectivity index (χ1n) is 8.29. The molecule has 0 N–H and O–H groups in total. The summed E-state index contributed by atoms with van der Waals surface area (Å²) >= 11 is 0. The highest BCUT2D eigenvalue weighted by Gasteiger charge is 2.11. The quantitative estimate of drug-likeness (QED) is 0.407. The lowest BCUT2D eigenvalue weighted by Gasteiger charge is -2.11. The molecule has 0 aromatic heterocycles. The SMILES string of the molecule is CC#CC(CC)OC(=O)CCCC(=O)OCCC(C)CCOC. The predicted octanol–water partition coefficient (Wildman–Crippen LogP) is 3.11. The minimum atomic E-state index is -0.354. The molecule has 0 bridgehead atoms. The van der Waals surface area contributed by atoms with Crippen LogP contribution in [0.2, 0.25) is 0 Å². The van der Waals surface area contributed by atoms with Gasteiger partial charge in [0.05, 0.1) is 6.61 Å². The van der Waals surface area contributed by atoms with Crippen molar-refractivity contribution in [2.45, 2.75) is 65.4 Å². The summed E-state index contributed by atoms with van der Waals surface area (Å²) in [5.41, 5.74) is 0. The second-order valence-electron chi connectivity index (χ2n) is 5.53. The van der Waals surface area contributed by atoms with E-state index in [0.29, 0.717) is 25.4 Å². The molecular weight excluding hydrogens is 296 g/mol. The smallest absolute Gasteiger partial charge is 0.307 e. The molecule has 0 spiro atoms. The third kappa shape index (κ3) is 12.7. The summed E-state index contributed by atoms with van der Waals surface area (Å²) in [6.45, 7) is 6.86. The van der Waals surface area contributed by atoms with Crippen molar-refractivity contribution < 1.29 is 23.8 Å². The second-order valence-corrected chi connectivity index (χ2v) is 5.53. The number of carbonyl (C=O) groups is 2. The zero-order valence-corrected chi connectivity index (χ0v) is 14.9. The molecule has 0 aliphatic carbocycles. The third-order valence-electron chi connectivity index (χ3n) is 3.40. The van der Waals surface area contributed by atoms with Crippen LogP contribution >= 0.6 is 0 Å². The predicted molar refractivity (Wildman–Crippen MR) is 88.7 cm³/mol. The van der Waals surface area contributed by atoms with Gasteiger partial charge in [0.15, 0.2) is 6.10 Å². The molecule has 0 heterocycles. The van der Waals surface area contributed by atoms with Crippen LogP contribution < -0.4 is 0 Å². The van der Waals surface area contributed by atoms with E-state index < -0.39 is 0 Å². The van der Waals surface area contributed by atoms with Crippen molar-refractivity contribution >= 4 is 11.9 Å². The first-order valence-corrected chi connectivity index (χ1v) is 8.29. The molecule has 2 unspecified atom stereocenters. The van der Waals surface area contributed by atoms with Crippen LogP contribution in [-0.2, 0) is 23.8 Å². The molecular formula is C18H30O5. The van der Waals surface area contributed by atoms with Gasteiger partial charge in [-0.05, 0) is 38.5 Å². The Morgan fingerprint density at radius 2 is 1.74 bits per heavy atom. The fourth-order valence-corrected chi connectivity index (χ4v) is 1.88. The molecule has 0 saturated heterocycles. The molecule has 5 nitrogen and oxygen atoms in total. The second kappa shape index (κ2) is 14.1. The largest absolute Gasteiger partial charge is 0.466 e. The highest BCUT2D eigenvalue weighted by Crippen LogP contribution is 2.08. The van der Waals surface area contributed by atoms with E-state index in [0.717, 1.165) is 19.4 Å². The molecule has 23 heavy (non-hydrogen) atoms. The number of hydrogen-bond donors (Lipinski definition) is 0. The summed E-state index contributed by atoms with van der Waals surface area (Å²) in [4.78, 5) is 23.2. The van der Waals surface area contributed by atoms with Crippen molar-refractivity contribution in [2.24, 2.45) is 5.92 Å². The van der Waals surface area contributed by atoms with E-state index in [2.05, 4.69) is 18.8 Å². The van der Waals surface area contributed by atoms with E-state index in [1.54, 1.807) is 14.0 Å². The zero-order valence-electron chi connectivity index (χ0n) is 14.9. The van der Waals surface area contributed by atoms with Crippen LogP contribution in [0.5, 0.6) is 0 Å². The number of ether oxygens (including phenoxy) is 3. The van der Waals surface area contributed by atoms with Crippen molar-refractivity contribution in [3.05, 3.63) is 0 Å². The molecule has 5 heteroatoms. The summed E-state index contributed by atoms with van der Waals surface area (Å²) in [5, 5.41) is 0. The number of carbonyl (C=O) groups excluding carboxylic acids is 2. The number of rotatable bonds is 12. The molecule has 0 aliphatic heterocycles. The Bertz CT molecular complexity index is 394. The van der Waals surface area contributed by atoms with Crippen molar-refractivity contribution in [1.82, 2.24) is 0 Å². The summed E-state index contributed by atoms with van der Waals surface area (Å²) in [6.07, 6.45) is 2.97. The van der Waals surface area contributed by atoms with E-state index in [-0.39, 0.29) is 30.9 Å². The minimum Gasteiger partial charge on any atom is -0.466 e. The molecule has 132 valence electrons. The van der Waals surface area contributed by atoms with Gasteiger partial charge in [0.1, 0.15) is 0 Å². The number of esters is 2. The van der Waals surface area contributed by atoms with E-state index in [4.69, 9.17) is 14.2 Å². The lowest BCUT2D eigenvalue weighted by molar-refractivity contribution is -0.147. The maximum atomic E-state index is 11.6. The number of hydrogen-bond acceptors (Lipinski definition) is 5. The highest BCUT2D eigenvalue weighted by molar-refractivity contribution is 5.72. The molecule has 0 aromatic rings. The Morgan fingerprint density at radius 3 is 2.35 bits per heavy atom. The Hall–Kier alpha value is -1.54. The lowest BCUT2D eigenvalue weighted by Crippen LogP contribution is -2.16. The molecule has 0 rings (SSSR count). The monoisotopic (exact) mass is 326 g/mol. The summed E-state index contributed by atoms with van der Waals surface area (Å²) < 4.78 is 15.4. The van der Waals surface area contributed by atoms with Gasteiger partial charge >= 0.3 is 11.9 Å². The first kappa shape index (κ1) is 21.5. The van der Waals surface area contributed by atoms with Crippen LogP contribution in [0.3, 0.4) is 0 Å². The molecule has 0 fully saturated rings. The van der Waals surface area contributed by atoms with Gasteiger partial charge in [-0.2, -0.15) is 0 Å². The van der Waals surface area contributed by atoms with Gasteiger partial charge in [-0.1, -0.05) is 19.8 Å². The maximum Gasteiger partial charge on any atom is 0.307 e. The molecule has 0 amide bonds. The Labute approximate surface area is 140 Å². The van der Waals surface area contributed by atoms with Gasteiger partial charge in [0, 0.05) is 26.6 Å². The van der Waals surface area contributed by atoms with Crippen LogP contribution in [0, 0.1) is 17.8 Å². The maximum absolute atomic E-state index is 11.6. The van der Waals surface area contributed by atoms with Crippen LogP contribution in [-0.4, -0.2) is 38.4 Å². The highest BCUT2D eigenvalue weighted by atomic mass is 16.5. The van der Waals surface area contributed by atoms with Crippen molar-refractivity contribution in [3.8, 4) is 11.8 Å². The van der Waals surface area contributed by atoms with Crippen LogP contribution in [0.15, 0.2) is 0 Å². The Balaban J connectivity index is 3.73. The van der Waals surface area contributed by atoms with Gasteiger partial charge in [0.25, 0.3) is 0 Å². The number of methoxy groups -OCH3 is 1. The van der Waals surface area contributed by atoms with Gasteiger partial charge in [-0.25, -0.2) is 0 Å². The topological polar surface area (TPSA) is 61.8 Å². The first-order chi connectivity index (χ1) is 11.0. The van der Waals surface area contributed by atoms with Crippen molar-refractivity contribution in [3.63, 3.8) is 0 Å². The molecule has 0 aromatic carbocycles. The molecule has 0 radical (unpaired) electrons. The minimum absolute atomic E-state index is 0.210. The standard InChI is InChI=1S/C18H30O5/c1-5-8-16(6-2)23-18(20)10-7-9-17(19)22-14-12-15(3)11-13-21-4/h15-16H,6-7,9-14H2,1-4H3. The van der Waals surface area contributed by atoms with Crippen LogP contribution in [0.1, 0.15) is 59.3 Å². The van der Waals surface area contributed by atoms with Gasteiger partial charge in [-0.3, -0.25) is 9.59 Å². The van der Waals surface area contributed by atoms with Crippen molar-refractivity contribution in [1.29, 1.82) is 0 Å². The fourth-order valence-electron chi connectivity index (χ4n) is 1.88. The summed E-state index contributed by atoms with van der Waals surface area (Å²) in [6, 6.07) is 0. The zero-order chi connectivity index (χ0) is 17.5. The van der Waals surface area contributed by atoms with Gasteiger partial charge < -0.3 is 14.2 Å². The van der Waals surface area contributed by atoms with Crippen LogP contribution in [0.25, 0.3) is 0 Å². The molecule has 0 saturated carbocycles. The summed E-state index contributed by atoms with van der Waals surface area (Å²) in [5.74, 6) is 5.43. The van der Waals surface area contributed by atoms with E-state index in [1.807, 2.05) is 6.92 Å². The van der Waals surface area contributed by atoms with E-state index in [9.17, 15) is 9.59 Å². The Kier molecular flexibility index (Phi) is 13.1. The Morgan fingerprint density at radius 1 is 1.09 bits per heavy atom. The molecule has 0 aliphatic rings. The average Bonchev–Trinajstić information content (AvgIpc) is 2.52. The van der Waals surface area contributed by atoms with E-state index in [1.165, 1.54) is 0 Å². The van der Waals surface area contributed by atoms with Gasteiger partial charge in [0.2, 0.25) is 0 Å². The van der Waals surface area contributed by atoms with E-state index >= 15 is 0 Å². The van der Waals surface area contributed by atoms with Crippen molar-refractivity contribution in [2.75, 3.05) is 20.3 Å². The van der Waals surface area contributed by atoms with Gasteiger partial charge in [-0.15, -0.1) is 5.92 Å². The molecule has 2 atom stereocenters. The fraction of sp³-hybridized carbons (Fsp3) is 0.778. The third-order valence-corrected chi connectivity index (χ3v) is 3.40. The normalized spacial score (nSPS) is 12.7. The van der Waals surface area contributed by atoms with Crippen LogP contribution in [0.4, 0.5) is 0 Å². The average molecular weight is 326 g/mol.